The lowest BCUT2D eigenvalue weighted by atomic mass is 10.0. The molecule has 106 valence electrons. The molecule has 0 fully saturated rings. The van der Waals surface area contributed by atoms with Gasteiger partial charge in [-0.15, -0.1) is 0 Å². The highest BCUT2D eigenvalue weighted by Crippen LogP contribution is 2.21. The third kappa shape index (κ3) is 2.85. The fourth-order valence-electron chi connectivity index (χ4n) is 2.46. The predicted molar refractivity (Wildman–Crippen MR) is 83.2 cm³/mol. The largest absolute Gasteiger partial charge is 0.322 e. The summed E-state index contributed by atoms with van der Waals surface area (Å²) in [6.07, 6.45) is 8.05. The van der Waals surface area contributed by atoms with E-state index in [4.69, 9.17) is 5.73 Å². The molecule has 21 heavy (non-hydrogen) atoms. The Kier molecular flexibility index (Phi) is 3.79. The first-order chi connectivity index (χ1) is 10.3. The van der Waals surface area contributed by atoms with Gasteiger partial charge in [0.1, 0.15) is 0 Å². The smallest absolute Gasteiger partial charge is 0.0995 e. The third-order valence-corrected chi connectivity index (χ3v) is 3.62. The molecule has 1 atom stereocenters. The molecule has 0 aliphatic carbocycles. The zero-order valence-electron chi connectivity index (χ0n) is 12.0. The van der Waals surface area contributed by atoms with Gasteiger partial charge in [0.15, 0.2) is 0 Å². The molecule has 2 N–H and O–H groups in total. The molecule has 2 aromatic heterocycles. The Morgan fingerprint density at radius 3 is 2.67 bits per heavy atom. The first-order valence-corrected chi connectivity index (χ1v) is 6.98. The molecule has 3 aromatic rings. The lowest BCUT2D eigenvalue weighted by Crippen LogP contribution is -2.17. The van der Waals surface area contributed by atoms with Crippen LogP contribution < -0.4 is 5.73 Å². The van der Waals surface area contributed by atoms with Gasteiger partial charge in [-0.25, -0.2) is 4.98 Å². The second-order valence-corrected chi connectivity index (χ2v) is 5.15. The number of rotatable bonds is 4. The maximum Gasteiger partial charge on any atom is 0.0995 e. The van der Waals surface area contributed by atoms with Crippen LogP contribution in [0.1, 0.15) is 22.9 Å². The van der Waals surface area contributed by atoms with Crippen molar-refractivity contribution in [3.8, 4) is 5.69 Å². The molecule has 0 aliphatic rings. The topological polar surface area (TPSA) is 56.7 Å². The summed E-state index contributed by atoms with van der Waals surface area (Å²) in [4.78, 5) is 8.45. The maximum absolute atomic E-state index is 6.38. The van der Waals surface area contributed by atoms with Crippen LogP contribution >= 0.6 is 0 Å². The van der Waals surface area contributed by atoms with E-state index in [1.54, 1.807) is 12.5 Å². The van der Waals surface area contributed by atoms with Crippen LogP contribution in [0.4, 0.5) is 0 Å². The second-order valence-electron chi connectivity index (χ2n) is 5.15. The Labute approximate surface area is 124 Å². The van der Waals surface area contributed by atoms with Crippen LogP contribution in [0.25, 0.3) is 5.69 Å². The third-order valence-electron chi connectivity index (χ3n) is 3.62. The molecule has 4 nitrogen and oxygen atoms in total. The fourth-order valence-corrected chi connectivity index (χ4v) is 2.46. The summed E-state index contributed by atoms with van der Waals surface area (Å²) in [5.41, 5.74) is 10.8. The van der Waals surface area contributed by atoms with Gasteiger partial charge in [0.05, 0.1) is 36.1 Å². The van der Waals surface area contributed by atoms with Gasteiger partial charge in [-0.05, 0) is 30.5 Å². The van der Waals surface area contributed by atoms with Gasteiger partial charge < -0.3 is 5.73 Å². The summed E-state index contributed by atoms with van der Waals surface area (Å²) < 4.78 is 2.02. The van der Waals surface area contributed by atoms with E-state index in [2.05, 4.69) is 29.0 Å². The number of aryl methyl sites for hydroxylation is 1. The summed E-state index contributed by atoms with van der Waals surface area (Å²) in [5.74, 6) is 0. The molecule has 0 amide bonds. The van der Waals surface area contributed by atoms with Gasteiger partial charge >= 0.3 is 0 Å². The first kappa shape index (κ1) is 13.5. The van der Waals surface area contributed by atoms with Gasteiger partial charge in [0, 0.05) is 6.20 Å². The SMILES string of the molecule is Cc1ccncc1-n1cncc1[C@H](N)Cc1ccccc1. The Balaban J connectivity index is 1.91. The Bertz CT molecular complexity index is 718. The highest BCUT2D eigenvalue weighted by atomic mass is 15.1. The van der Waals surface area contributed by atoms with Crippen LogP contribution in [0.5, 0.6) is 0 Å². The number of hydrogen-bond acceptors (Lipinski definition) is 3. The van der Waals surface area contributed by atoms with Crippen molar-refractivity contribution in [2.45, 2.75) is 19.4 Å². The van der Waals surface area contributed by atoms with Gasteiger partial charge in [-0.1, -0.05) is 30.3 Å². The van der Waals surface area contributed by atoms with Gasteiger partial charge in [0.25, 0.3) is 0 Å². The molecular weight excluding hydrogens is 260 g/mol. The van der Waals surface area contributed by atoms with Crippen molar-refractivity contribution in [2.75, 3.05) is 0 Å². The Hall–Kier alpha value is -2.46. The van der Waals surface area contributed by atoms with E-state index in [0.29, 0.717) is 0 Å². The zero-order chi connectivity index (χ0) is 14.7. The van der Waals surface area contributed by atoms with Crippen molar-refractivity contribution >= 4 is 0 Å². The molecule has 1 aromatic carbocycles. The summed E-state index contributed by atoms with van der Waals surface area (Å²) in [7, 11) is 0. The zero-order valence-corrected chi connectivity index (χ0v) is 12.0. The number of nitrogens with two attached hydrogens (primary N) is 1. The van der Waals surface area contributed by atoms with E-state index in [0.717, 1.165) is 23.4 Å². The van der Waals surface area contributed by atoms with Gasteiger partial charge in [-0.2, -0.15) is 0 Å². The molecule has 0 radical (unpaired) electrons. The fraction of sp³-hybridized carbons (Fsp3) is 0.176. The monoisotopic (exact) mass is 278 g/mol. The number of imidazole rings is 1. The number of aromatic nitrogens is 3. The van der Waals surface area contributed by atoms with Crippen molar-refractivity contribution in [3.05, 3.63) is 78.1 Å². The Morgan fingerprint density at radius 1 is 1.10 bits per heavy atom. The molecule has 0 bridgehead atoms. The summed E-state index contributed by atoms with van der Waals surface area (Å²) in [5, 5.41) is 0. The molecule has 0 saturated carbocycles. The highest BCUT2D eigenvalue weighted by Gasteiger charge is 2.14. The van der Waals surface area contributed by atoms with Crippen molar-refractivity contribution in [1.29, 1.82) is 0 Å². The summed E-state index contributed by atoms with van der Waals surface area (Å²) in [6.45, 7) is 2.06. The molecule has 3 rings (SSSR count). The molecule has 0 spiro atoms. The summed E-state index contributed by atoms with van der Waals surface area (Å²) >= 11 is 0. The van der Waals surface area contributed by atoms with Crippen molar-refractivity contribution < 1.29 is 0 Å². The van der Waals surface area contributed by atoms with E-state index in [-0.39, 0.29) is 6.04 Å². The van der Waals surface area contributed by atoms with Gasteiger partial charge in [-0.3, -0.25) is 9.55 Å². The average Bonchev–Trinajstić information content (AvgIpc) is 2.98. The van der Waals surface area contributed by atoms with Crippen molar-refractivity contribution in [1.82, 2.24) is 14.5 Å². The van der Waals surface area contributed by atoms with E-state index >= 15 is 0 Å². The molecule has 0 saturated heterocycles. The van der Waals surface area contributed by atoms with Crippen LogP contribution in [-0.4, -0.2) is 14.5 Å². The average molecular weight is 278 g/mol. The van der Waals surface area contributed by atoms with E-state index in [1.807, 2.05) is 41.2 Å². The standard InChI is InChI=1S/C17H18N4/c1-13-7-8-19-10-16(13)21-12-20-11-17(21)15(18)9-14-5-3-2-4-6-14/h2-8,10-12,15H,9,18H2,1H3/t15-/m1/s1. The van der Waals surface area contributed by atoms with Gasteiger partial charge in [0.2, 0.25) is 0 Å². The van der Waals surface area contributed by atoms with Crippen LogP contribution in [0.15, 0.2) is 61.3 Å². The van der Waals surface area contributed by atoms with E-state index in [9.17, 15) is 0 Å². The minimum Gasteiger partial charge on any atom is -0.322 e. The van der Waals surface area contributed by atoms with E-state index in [1.165, 1.54) is 5.56 Å². The molecule has 0 aliphatic heterocycles. The lowest BCUT2D eigenvalue weighted by molar-refractivity contribution is 0.677. The van der Waals surface area contributed by atoms with Crippen LogP contribution in [0.2, 0.25) is 0 Å². The predicted octanol–water partition coefficient (Wildman–Crippen LogP) is 2.82. The van der Waals surface area contributed by atoms with E-state index < -0.39 is 0 Å². The molecular formula is C17H18N4. The normalized spacial score (nSPS) is 12.3. The Morgan fingerprint density at radius 2 is 1.90 bits per heavy atom. The molecule has 4 heteroatoms. The number of pyridine rings is 1. The summed E-state index contributed by atoms with van der Waals surface area (Å²) in [6, 6.07) is 12.1. The quantitative estimate of drug-likeness (QED) is 0.798. The van der Waals surface area contributed by atoms with Crippen LogP contribution in [-0.2, 0) is 6.42 Å². The first-order valence-electron chi connectivity index (χ1n) is 6.98. The number of hydrogen-bond donors (Lipinski definition) is 1. The minimum atomic E-state index is -0.102. The second kappa shape index (κ2) is 5.89. The number of benzene rings is 1. The number of nitrogens with zero attached hydrogens (tertiary/aromatic N) is 3. The van der Waals surface area contributed by atoms with Crippen LogP contribution in [0.3, 0.4) is 0 Å². The van der Waals surface area contributed by atoms with Crippen LogP contribution in [0, 0.1) is 6.92 Å². The maximum atomic E-state index is 6.38. The van der Waals surface area contributed by atoms with Crippen molar-refractivity contribution in [2.24, 2.45) is 5.73 Å². The molecule has 2 heterocycles. The molecule has 0 unspecified atom stereocenters. The highest BCUT2D eigenvalue weighted by molar-refractivity contribution is 5.39. The van der Waals surface area contributed by atoms with Crippen molar-refractivity contribution in [3.63, 3.8) is 0 Å². The lowest BCUT2D eigenvalue weighted by Gasteiger charge is -2.16. The minimum absolute atomic E-state index is 0.102.